The van der Waals surface area contributed by atoms with Crippen LogP contribution in [-0.2, 0) is 42.2 Å². The summed E-state index contributed by atoms with van der Waals surface area (Å²) in [6.45, 7) is 10.6. The lowest BCUT2D eigenvalue weighted by Crippen LogP contribution is -3.00. The summed E-state index contributed by atoms with van der Waals surface area (Å²) in [7, 11) is 4.49. The molecule has 3 aromatic heterocycles. The Morgan fingerprint density at radius 1 is 0.925 bits per heavy atom. The highest BCUT2D eigenvalue weighted by molar-refractivity contribution is 8.93. The predicted molar refractivity (Wildman–Crippen MR) is 275 cm³/mol. The molecule has 3 aliphatic rings. The molecule has 0 saturated carbocycles. The van der Waals surface area contributed by atoms with Crippen molar-refractivity contribution < 1.29 is 55.5 Å². The lowest BCUT2D eigenvalue weighted by molar-refractivity contribution is -0.938. The molecule has 3 fully saturated rings. The monoisotopic (exact) mass is 1190 g/mol. The van der Waals surface area contributed by atoms with E-state index in [4.69, 9.17) is 25.8 Å². The molecule has 20 heteroatoms. The summed E-state index contributed by atoms with van der Waals surface area (Å²) in [5, 5.41) is 29.2. The first-order chi connectivity index (χ1) is 30.8. The first-order valence-corrected chi connectivity index (χ1v) is 25.2. The topological polar surface area (TPSA) is 157 Å². The van der Waals surface area contributed by atoms with E-state index in [2.05, 4.69) is 43.1 Å². The predicted octanol–water partition coefficient (Wildman–Crippen LogP) is 4.41. The Morgan fingerprint density at radius 3 is 2.21 bits per heavy atom. The van der Waals surface area contributed by atoms with Crippen LogP contribution in [0.3, 0.4) is 0 Å². The van der Waals surface area contributed by atoms with E-state index in [-0.39, 0.29) is 73.6 Å². The first-order valence-electron chi connectivity index (χ1n) is 22.2. The van der Waals surface area contributed by atoms with E-state index in [9.17, 15) is 24.6 Å². The minimum atomic E-state index is -1.72. The number of hydrogen-bond acceptors (Lipinski definition) is 13. The maximum Gasteiger partial charge on any atom is 0.349 e. The molecule has 1 amide bonds. The number of phenolic OH excluding ortho intramolecular Hbond substituents is 1. The molecular formula is C47H63Br3ClN5O8S3. The third-order valence-electron chi connectivity index (χ3n) is 12.9. The first kappa shape index (κ1) is 57.3. The number of benzene rings is 2. The number of esters is 1. The van der Waals surface area contributed by atoms with Crippen LogP contribution in [0.15, 0.2) is 76.2 Å². The Balaban J connectivity index is 0.000000296. The van der Waals surface area contributed by atoms with Crippen molar-refractivity contribution >= 4 is 102 Å². The fourth-order valence-corrected chi connectivity index (χ4v) is 12.0. The summed E-state index contributed by atoms with van der Waals surface area (Å²) in [6.07, 6.45) is 3.88. The van der Waals surface area contributed by atoms with Gasteiger partial charge in [-0.05, 0) is 84.7 Å². The van der Waals surface area contributed by atoms with Crippen molar-refractivity contribution in [1.29, 1.82) is 0 Å². The Hall–Kier alpha value is -2.24. The summed E-state index contributed by atoms with van der Waals surface area (Å²) in [4.78, 5) is 45.8. The number of thiazole rings is 1. The Bertz CT molecular complexity index is 2310. The average Bonchev–Trinajstić information content (AvgIpc) is 3.69. The third-order valence-corrected chi connectivity index (χ3v) is 16.1. The van der Waals surface area contributed by atoms with E-state index in [0.717, 1.165) is 77.0 Å². The number of hydrogen-bond donors (Lipinski definition) is 4. The molecule has 5 atom stereocenters. The van der Waals surface area contributed by atoms with Gasteiger partial charge in [0.15, 0.2) is 0 Å². The number of thiophene rings is 2. The van der Waals surface area contributed by atoms with Crippen molar-refractivity contribution in [2.45, 2.75) is 81.9 Å². The minimum Gasteiger partial charge on any atom is -1.00 e. The van der Waals surface area contributed by atoms with Gasteiger partial charge in [-0.1, -0.05) is 67.1 Å². The van der Waals surface area contributed by atoms with Crippen molar-refractivity contribution in [3.8, 4) is 5.75 Å². The highest BCUT2D eigenvalue weighted by Gasteiger charge is 2.71. The molecule has 370 valence electrons. The Kier molecular flexibility index (Phi) is 22.5. The fraction of sp³-hybridized carbons (Fsp3) is 0.511. The summed E-state index contributed by atoms with van der Waals surface area (Å²) >= 11 is 9.89. The van der Waals surface area contributed by atoms with Crippen LogP contribution in [0.5, 0.6) is 5.75 Å². The summed E-state index contributed by atoms with van der Waals surface area (Å²) in [5.74, 6) is -0.376. The number of phenols is 1. The normalized spacial score (nSPS) is 19.8. The van der Waals surface area contributed by atoms with Crippen molar-refractivity contribution in [2.75, 3.05) is 73.1 Å². The van der Waals surface area contributed by atoms with Gasteiger partial charge in [0.1, 0.15) is 41.7 Å². The molecule has 13 nitrogen and oxygen atoms in total. The van der Waals surface area contributed by atoms with Crippen LogP contribution in [0.2, 0.25) is 5.02 Å². The Labute approximate surface area is 441 Å². The second-order valence-corrected chi connectivity index (χ2v) is 20.4. The number of nitrogens with one attached hydrogen (secondary N) is 2. The Morgan fingerprint density at radius 2 is 1.60 bits per heavy atom. The number of halogens is 4. The molecule has 1 unspecified atom stereocenters. The number of quaternary nitrogens is 1. The van der Waals surface area contributed by atoms with E-state index in [1.165, 1.54) is 22.7 Å². The van der Waals surface area contributed by atoms with Gasteiger partial charge in [0.2, 0.25) is 11.5 Å². The number of nitrogens with zero attached hydrogens (tertiary/aromatic N) is 3. The van der Waals surface area contributed by atoms with Gasteiger partial charge in [-0.25, -0.2) is 4.79 Å². The molecule has 3 aliphatic heterocycles. The second kappa shape index (κ2) is 26.3. The molecule has 67 heavy (non-hydrogen) atoms. The number of fused-ring (bicyclic) bond motifs is 6. The average molecular weight is 1200 g/mol. The van der Waals surface area contributed by atoms with E-state index < -0.39 is 11.6 Å². The quantitative estimate of drug-likeness (QED) is 0.0360. The highest BCUT2D eigenvalue weighted by atomic mass is 79.9. The van der Waals surface area contributed by atoms with Crippen molar-refractivity contribution in [1.82, 2.24) is 20.1 Å². The standard InChI is InChI=1S/C28H39ClN4O4S.C19H22NO4S2.3BrH/c1-3-32(4-2)16-17-33(25(35)12-19-37-18-11-21-6-5-7-23(29)20-21)15-14-30-13-10-22-8-9-24(34)26-27(22)38-28(36)31-26;1-20(2)12-9-11(10-13(20)17-16(12)24-17)23-18(21)19(22,14-5-3-7-25-14)15-6-4-8-26-15;;;/h5-9,20,30,34H,3-4,10-19H2,1-2H3,(H,31,36);3-8,11-13,16-17,22H,9-10H2,1-2H3;3*1H/q;+1;;;/p-1/t;11?,12-,13+,16-,17+;;;. The lowest BCUT2D eigenvalue weighted by Gasteiger charge is -2.45. The number of ether oxygens (including phenoxy) is 3. The number of rotatable bonds is 21. The van der Waals surface area contributed by atoms with Gasteiger partial charge in [-0.15, -0.1) is 56.6 Å². The van der Waals surface area contributed by atoms with Crippen molar-refractivity contribution in [3.05, 3.63) is 107 Å². The summed E-state index contributed by atoms with van der Waals surface area (Å²) in [5.41, 5.74) is 0.913. The van der Waals surface area contributed by atoms with Crippen LogP contribution < -0.4 is 27.2 Å². The molecule has 2 bridgehead atoms. The molecule has 5 aromatic rings. The zero-order chi connectivity index (χ0) is 45.4. The van der Waals surface area contributed by atoms with Gasteiger partial charge >= 0.3 is 10.8 Å². The molecule has 0 radical (unpaired) electrons. The number of aromatic nitrogens is 1. The smallest absolute Gasteiger partial charge is 0.349 e. The van der Waals surface area contributed by atoms with E-state index in [1.54, 1.807) is 18.2 Å². The molecule has 6 heterocycles. The molecule has 3 saturated heterocycles. The van der Waals surface area contributed by atoms with E-state index in [0.29, 0.717) is 90.4 Å². The van der Waals surface area contributed by atoms with Crippen LogP contribution in [0, 0.1) is 0 Å². The van der Waals surface area contributed by atoms with Gasteiger partial charge in [0.05, 0.1) is 48.2 Å². The van der Waals surface area contributed by atoms with Gasteiger partial charge < -0.3 is 66.0 Å². The highest BCUT2D eigenvalue weighted by Crippen LogP contribution is 2.52. The maximum atomic E-state index is 13.1. The van der Waals surface area contributed by atoms with Crippen LogP contribution in [0.4, 0.5) is 0 Å². The zero-order valence-electron chi connectivity index (χ0n) is 38.2. The van der Waals surface area contributed by atoms with Crippen molar-refractivity contribution in [3.63, 3.8) is 0 Å². The second-order valence-electron chi connectivity index (χ2n) is 17.1. The number of carbonyl (C=O) groups is 2. The number of amides is 1. The molecule has 0 aliphatic carbocycles. The molecule has 4 N–H and O–H groups in total. The summed E-state index contributed by atoms with van der Waals surface area (Å²) < 4.78 is 19.2. The van der Waals surface area contributed by atoms with Gasteiger partial charge in [-0.3, -0.25) is 9.59 Å². The maximum absolute atomic E-state index is 13.1. The zero-order valence-corrected chi connectivity index (χ0v) is 46.4. The van der Waals surface area contributed by atoms with Gasteiger partial charge in [-0.2, -0.15) is 0 Å². The third kappa shape index (κ3) is 14.0. The molecular weight excluding hydrogens is 1130 g/mol. The van der Waals surface area contributed by atoms with Crippen molar-refractivity contribution in [2.24, 2.45) is 0 Å². The number of carbonyl (C=O) groups excluding carboxylic acids is 2. The van der Waals surface area contributed by atoms with Crippen LogP contribution in [-0.4, -0.2) is 145 Å². The number of aromatic amines is 1. The number of likely N-dealkylation sites (N-methyl/N-ethyl adjacent to an activating group) is 2. The van der Waals surface area contributed by atoms with Crippen LogP contribution in [0.25, 0.3) is 10.2 Å². The van der Waals surface area contributed by atoms with E-state index in [1.807, 2.05) is 58.1 Å². The number of aliphatic hydroxyl groups is 1. The van der Waals surface area contributed by atoms with Gasteiger partial charge in [0.25, 0.3) is 0 Å². The largest absolute Gasteiger partial charge is 1.00 e. The number of aromatic hydroxyl groups is 1. The number of piperidine rings is 1. The number of epoxide rings is 1. The van der Waals surface area contributed by atoms with E-state index >= 15 is 0 Å². The number of morpholine rings is 1. The summed E-state index contributed by atoms with van der Waals surface area (Å²) in [6, 6.07) is 19.2. The molecule has 0 spiro atoms. The van der Waals surface area contributed by atoms with Crippen LogP contribution >= 0.6 is 79.6 Å². The minimum absolute atomic E-state index is 0. The lowest BCUT2D eigenvalue weighted by atomic mass is 9.95. The van der Waals surface area contributed by atoms with Gasteiger partial charge in [0, 0.05) is 44.0 Å². The molecule has 2 aromatic carbocycles. The fourth-order valence-electron chi connectivity index (χ4n) is 9.13. The molecule has 8 rings (SSSR count). The SMILES string of the molecule is Br.Br.CCN(CC)CCN(CCNCCc1ccc(O)c2[nH]c(=O)sc12)C(=O)CCOCCc1cccc(Cl)c1.C[N+]1(C)[C@@H]2CC(OC(=O)C(O)(c3cccs3)c3cccs3)C[C@H]1[C@@H]1O[C@@H]12.[Br-]. The number of H-pyrrole nitrogens is 1. The van der Waals surface area contributed by atoms with Crippen LogP contribution in [0.1, 0.15) is 54.0 Å².